The summed E-state index contributed by atoms with van der Waals surface area (Å²) >= 11 is 0. The molecule has 1 rings (SSSR count). The van der Waals surface area contributed by atoms with Crippen LogP contribution in [0.2, 0.25) is 0 Å². The van der Waals surface area contributed by atoms with E-state index in [4.69, 9.17) is 10.5 Å². The maximum atomic E-state index is 6.05. The summed E-state index contributed by atoms with van der Waals surface area (Å²) in [6, 6.07) is 0.368. The fourth-order valence-electron chi connectivity index (χ4n) is 1.80. The number of ether oxygens (including phenoxy) is 1. The molecule has 0 aliphatic heterocycles. The maximum Gasteiger partial charge on any atom is 0.150 e. The first-order chi connectivity index (χ1) is 7.49. The number of nitrogens with two attached hydrogens (primary N) is 1. The fraction of sp³-hybridized carbons (Fsp3) is 0.727. The lowest BCUT2D eigenvalue weighted by atomic mass is 10.3. The molecule has 0 atom stereocenters. The Kier molecular flexibility index (Phi) is 4.18. The van der Waals surface area contributed by atoms with Crippen molar-refractivity contribution in [3.05, 3.63) is 5.69 Å². The number of nitrogens with zero attached hydrogens (tertiary/aromatic N) is 3. The Hall–Kier alpha value is -1.23. The predicted molar refractivity (Wildman–Crippen MR) is 66.7 cm³/mol. The molecule has 0 aliphatic carbocycles. The lowest BCUT2D eigenvalue weighted by Crippen LogP contribution is -2.35. The molecule has 0 saturated heterocycles. The number of nitrogen functional groups attached to an aromatic ring is 1. The Balaban J connectivity index is 3.00. The van der Waals surface area contributed by atoms with Crippen molar-refractivity contribution in [2.24, 2.45) is 7.05 Å². The van der Waals surface area contributed by atoms with E-state index in [1.54, 1.807) is 7.11 Å². The van der Waals surface area contributed by atoms with Crippen LogP contribution in [0.3, 0.4) is 0 Å². The summed E-state index contributed by atoms with van der Waals surface area (Å²) in [4.78, 5) is 2.21. The molecule has 5 nitrogen and oxygen atoms in total. The molecule has 92 valence electrons. The normalized spacial score (nSPS) is 11.1. The fourth-order valence-corrected chi connectivity index (χ4v) is 1.80. The standard InChI is InChI=1S/C11H22N4O/c1-8(2)15(6-7-16-5)11-10(12)9(3)13-14(11)4/h8H,6-7,12H2,1-5H3. The topological polar surface area (TPSA) is 56.3 Å². The lowest BCUT2D eigenvalue weighted by molar-refractivity contribution is 0.203. The molecule has 0 unspecified atom stereocenters. The first-order valence-electron chi connectivity index (χ1n) is 5.53. The minimum atomic E-state index is 0.368. The number of hydrogen-bond acceptors (Lipinski definition) is 4. The maximum absolute atomic E-state index is 6.05. The summed E-state index contributed by atoms with van der Waals surface area (Å²) in [5, 5.41) is 4.33. The van der Waals surface area contributed by atoms with E-state index in [1.165, 1.54) is 0 Å². The van der Waals surface area contributed by atoms with Crippen molar-refractivity contribution in [3.8, 4) is 0 Å². The Morgan fingerprint density at radius 1 is 1.50 bits per heavy atom. The molecule has 0 bridgehead atoms. The molecule has 0 fully saturated rings. The third-order valence-corrected chi connectivity index (χ3v) is 2.67. The van der Waals surface area contributed by atoms with Crippen molar-refractivity contribution in [3.63, 3.8) is 0 Å². The van der Waals surface area contributed by atoms with Gasteiger partial charge in [-0.15, -0.1) is 0 Å². The Bertz CT molecular complexity index is 346. The van der Waals surface area contributed by atoms with E-state index in [2.05, 4.69) is 23.8 Å². The van der Waals surface area contributed by atoms with E-state index in [0.29, 0.717) is 12.6 Å². The van der Waals surface area contributed by atoms with Gasteiger partial charge in [-0.05, 0) is 20.8 Å². The molecule has 0 aliphatic rings. The Morgan fingerprint density at radius 3 is 2.50 bits per heavy atom. The molecule has 1 heterocycles. The van der Waals surface area contributed by atoms with Gasteiger partial charge in [-0.3, -0.25) is 4.68 Å². The molecule has 2 N–H and O–H groups in total. The van der Waals surface area contributed by atoms with Gasteiger partial charge in [0.05, 0.1) is 18.0 Å². The summed E-state index contributed by atoms with van der Waals surface area (Å²) in [6.45, 7) is 7.70. The van der Waals surface area contributed by atoms with E-state index in [9.17, 15) is 0 Å². The average Bonchev–Trinajstić information content (AvgIpc) is 2.44. The highest BCUT2D eigenvalue weighted by atomic mass is 16.5. The monoisotopic (exact) mass is 226 g/mol. The number of rotatable bonds is 5. The highest BCUT2D eigenvalue weighted by Gasteiger charge is 2.19. The van der Waals surface area contributed by atoms with Crippen LogP contribution in [0.25, 0.3) is 0 Å². The van der Waals surface area contributed by atoms with Gasteiger partial charge in [0.1, 0.15) is 0 Å². The second-order valence-corrected chi connectivity index (χ2v) is 4.23. The largest absolute Gasteiger partial charge is 0.394 e. The van der Waals surface area contributed by atoms with Crippen LogP contribution in [-0.4, -0.2) is 36.1 Å². The molecule has 1 aromatic rings. The second kappa shape index (κ2) is 5.21. The Labute approximate surface area is 97.2 Å². The van der Waals surface area contributed by atoms with Crippen molar-refractivity contribution in [1.82, 2.24) is 9.78 Å². The minimum Gasteiger partial charge on any atom is -0.394 e. The molecule has 0 spiro atoms. The van der Waals surface area contributed by atoms with Crippen LogP contribution in [0.4, 0.5) is 11.5 Å². The van der Waals surface area contributed by atoms with Gasteiger partial charge in [0.15, 0.2) is 5.82 Å². The number of hydrogen-bond donors (Lipinski definition) is 1. The van der Waals surface area contributed by atoms with E-state index in [0.717, 1.165) is 23.7 Å². The van der Waals surface area contributed by atoms with E-state index < -0.39 is 0 Å². The van der Waals surface area contributed by atoms with E-state index in [-0.39, 0.29) is 0 Å². The van der Waals surface area contributed by atoms with Gasteiger partial charge < -0.3 is 15.4 Å². The van der Waals surface area contributed by atoms with Gasteiger partial charge in [-0.25, -0.2) is 0 Å². The summed E-state index contributed by atoms with van der Waals surface area (Å²) in [5.74, 6) is 0.976. The molecule has 0 aromatic carbocycles. The smallest absolute Gasteiger partial charge is 0.150 e. The van der Waals surface area contributed by atoms with Gasteiger partial charge in [0.25, 0.3) is 0 Å². The highest BCUT2D eigenvalue weighted by Crippen LogP contribution is 2.26. The van der Waals surface area contributed by atoms with Gasteiger partial charge in [-0.2, -0.15) is 5.10 Å². The zero-order valence-electron chi connectivity index (χ0n) is 10.8. The molecule has 1 aromatic heterocycles. The second-order valence-electron chi connectivity index (χ2n) is 4.23. The average molecular weight is 226 g/mol. The van der Waals surface area contributed by atoms with Crippen molar-refractivity contribution >= 4 is 11.5 Å². The van der Waals surface area contributed by atoms with Gasteiger partial charge in [0, 0.05) is 26.7 Å². The van der Waals surface area contributed by atoms with Crippen LogP contribution in [0.1, 0.15) is 19.5 Å². The summed E-state index contributed by atoms with van der Waals surface area (Å²) < 4.78 is 6.95. The number of methoxy groups -OCH3 is 1. The lowest BCUT2D eigenvalue weighted by Gasteiger charge is -2.28. The van der Waals surface area contributed by atoms with Gasteiger partial charge in [-0.1, -0.05) is 0 Å². The molecule has 16 heavy (non-hydrogen) atoms. The van der Waals surface area contributed by atoms with Crippen molar-refractivity contribution < 1.29 is 4.74 Å². The van der Waals surface area contributed by atoms with Crippen LogP contribution in [0.15, 0.2) is 0 Å². The predicted octanol–water partition coefficient (Wildman–Crippen LogP) is 1.17. The quantitative estimate of drug-likeness (QED) is 0.819. The SMILES string of the molecule is COCCN(c1c(N)c(C)nn1C)C(C)C. The van der Waals surface area contributed by atoms with Gasteiger partial charge in [0.2, 0.25) is 0 Å². The zero-order valence-corrected chi connectivity index (χ0v) is 10.8. The molecule has 0 saturated carbocycles. The molecule has 0 amide bonds. The van der Waals surface area contributed by atoms with E-state index in [1.807, 2.05) is 18.7 Å². The highest BCUT2D eigenvalue weighted by molar-refractivity contribution is 5.66. The van der Waals surface area contributed by atoms with Crippen LogP contribution in [-0.2, 0) is 11.8 Å². The van der Waals surface area contributed by atoms with Crippen LogP contribution < -0.4 is 10.6 Å². The number of aryl methyl sites for hydroxylation is 2. The number of anilines is 2. The van der Waals surface area contributed by atoms with E-state index >= 15 is 0 Å². The van der Waals surface area contributed by atoms with Crippen LogP contribution in [0.5, 0.6) is 0 Å². The molecular formula is C11H22N4O. The van der Waals surface area contributed by atoms with Gasteiger partial charge >= 0.3 is 0 Å². The first-order valence-corrected chi connectivity index (χ1v) is 5.53. The van der Waals surface area contributed by atoms with Crippen molar-refractivity contribution in [2.45, 2.75) is 26.8 Å². The zero-order chi connectivity index (χ0) is 12.3. The Morgan fingerprint density at radius 2 is 2.12 bits per heavy atom. The number of aromatic nitrogens is 2. The van der Waals surface area contributed by atoms with Crippen molar-refractivity contribution in [1.29, 1.82) is 0 Å². The molecular weight excluding hydrogens is 204 g/mol. The molecule has 0 radical (unpaired) electrons. The van der Waals surface area contributed by atoms with Crippen molar-refractivity contribution in [2.75, 3.05) is 30.9 Å². The summed E-state index contributed by atoms with van der Waals surface area (Å²) in [7, 11) is 3.62. The third kappa shape index (κ3) is 2.47. The first kappa shape index (κ1) is 12.8. The van der Waals surface area contributed by atoms with Crippen LogP contribution >= 0.6 is 0 Å². The summed E-state index contributed by atoms with van der Waals surface area (Å²) in [5.41, 5.74) is 7.68. The third-order valence-electron chi connectivity index (χ3n) is 2.67. The minimum absolute atomic E-state index is 0.368. The van der Waals surface area contributed by atoms with Crippen LogP contribution in [0, 0.1) is 6.92 Å². The summed E-state index contributed by atoms with van der Waals surface area (Å²) in [6.07, 6.45) is 0. The molecule has 5 heteroatoms.